The monoisotopic (exact) mass is 489 g/mol. The normalized spacial score (nSPS) is 11.4. The number of nitrogens with one attached hydrogen (secondary N) is 1. The molecule has 4 rings (SSSR count). The van der Waals surface area contributed by atoms with Gasteiger partial charge in [-0.3, -0.25) is 4.79 Å². The largest absolute Gasteiger partial charge is 0.302 e. The van der Waals surface area contributed by atoms with Crippen LogP contribution < -0.4 is 5.43 Å². The van der Waals surface area contributed by atoms with Crippen LogP contribution in [0.15, 0.2) is 89.1 Å². The maximum atomic E-state index is 12.4. The van der Waals surface area contributed by atoms with Gasteiger partial charge in [0.1, 0.15) is 0 Å². The number of benzene rings is 3. The molecule has 34 heavy (non-hydrogen) atoms. The van der Waals surface area contributed by atoms with E-state index in [1.165, 1.54) is 11.8 Å². The van der Waals surface area contributed by atoms with E-state index in [2.05, 4.69) is 45.0 Å². The molecule has 0 saturated heterocycles. The first-order valence-corrected chi connectivity index (χ1v) is 12.2. The fourth-order valence-electron chi connectivity index (χ4n) is 3.40. The molecule has 4 aromatic rings. The first kappa shape index (κ1) is 23.7. The fourth-order valence-corrected chi connectivity index (χ4v) is 4.32. The van der Waals surface area contributed by atoms with Gasteiger partial charge in [-0.15, -0.1) is 10.2 Å². The Bertz CT molecular complexity index is 1290. The Labute approximate surface area is 208 Å². The zero-order valence-corrected chi connectivity index (χ0v) is 20.5. The second-order valence-corrected chi connectivity index (χ2v) is 8.90. The van der Waals surface area contributed by atoms with Crippen molar-refractivity contribution >= 4 is 35.0 Å². The van der Waals surface area contributed by atoms with Crippen molar-refractivity contribution in [1.82, 2.24) is 20.2 Å². The van der Waals surface area contributed by atoms with Gasteiger partial charge >= 0.3 is 0 Å². The van der Waals surface area contributed by atoms with Gasteiger partial charge in [-0.25, -0.2) is 5.43 Å². The highest BCUT2D eigenvalue weighted by molar-refractivity contribution is 7.99. The van der Waals surface area contributed by atoms with Gasteiger partial charge in [0.2, 0.25) is 0 Å². The van der Waals surface area contributed by atoms with Crippen LogP contribution in [-0.2, 0) is 11.3 Å². The summed E-state index contributed by atoms with van der Waals surface area (Å²) in [4.78, 5) is 12.4. The molecule has 0 saturated carbocycles. The molecule has 3 aromatic carbocycles. The average Bonchev–Trinajstić information content (AvgIpc) is 3.30. The third-order valence-corrected chi connectivity index (χ3v) is 6.44. The Morgan fingerprint density at radius 1 is 0.941 bits per heavy atom. The Morgan fingerprint density at radius 2 is 1.59 bits per heavy atom. The predicted molar refractivity (Wildman–Crippen MR) is 139 cm³/mol. The van der Waals surface area contributed by atoms with Crippen molar-refractivity contribution in [3.8, 4) is 22.5 Å². The van der Waals surface area contributed by atoms with E-state index >= 15 is 0 Å². The van der Waals surface area contributed by atoms with Crippen LogP contribution in [0.5, 0.6) is 0 Å². The third-order valence-electron chi connectivity index (χ3n) is 5.23. The van der Waals surface area contributed by atoms with Gasteiger partial charge in [0.15, 0.2) is 11.0 Å². The standard InChI is InChI=1S/C26H24ClN5OS/c1-3-32-25(22-13-15-23(27)16-14-22)30-31-26(32)34-17-24(33)29-28-18(2)19-9-11-21(12-10-19)20-7-5-4-6-8-20/h4-16H,3,17H2,1-2H3,(H,29,33)/b28-18-. The van der Waals surface area contributed by atoms with Gasteiger partial charge in [0.05, 0.1) is 11.5 Å². The highest BCUT2D eigenvalue weighted by Gasteiger charge is 2.14. The van der Waals surface area contributed by atoms with Crippen LogP contribution >= 0.6 is 23.4 Å². The summed E-state index contributed by atoms with van der Waals surface area (Å²) in [6.45, 7) is 4.58. The Morgan fingerprint density at radius 3 is 2.26 bits per heavy atom. The molecule has 0 aliphatic heterocycles. The lowest BCUT2D eigenvalue weighted by Gasteiger charge is -2.07. The molecular weight excluding hydrogens is 466 g/mol. The Kier molecular flexibility index (Phi) is 7.77. The van der Waals surface area contributed by atoms with Crippen molar-refractivity contribution in [2.45, 2.75) is 25.5 Å². The van der Waals surface area contributed by atoms with Crippen LogP contribution in [0.2, 0.25) is 5.02 Å². The molecule has 0 aliphatic carbocycles. The minimum absolute atomic E-state index is 0.183. The number of aromatic nitrogens is 3. The third kappa shape index (κ3) is 5.73. The van der Waals surface area contributed by atoms with E-state index in [4.69, 9.17) is 11.6 Å². The average molecular weight is 490 g/mol. The summed E-state index contributed by atoms with van der Waals surface area (Å²) in [5, 5.41) is 14.2. The van der Waals surface area contributed by atoms with E-state index in [1.54, 1.807) is 0 Å². The molecule has 1 amide bonds. The maximum Gasteiger partial charge on any atom is 0.250 e. The molecule has 172 valence electrons. The number of amides is 1. The fraction of sp³-hybridized carbons (Fsp3) is 0.154. The predicted octanol–water partition coefficient (Wildman–Crippen LogP) is 5.92. The molecule has 0 bridgehead atoms. The molecule has 1 heterocycles. The first-order chi connectivity index (χ1) is 16.5. The molecule has 8 heteroatoms. The van der Waals surface area contributed by atoms with Crippen LogP contribution in [0.1, 0.15) is 19.4 Å². The molecule has 0 atom stereocenters. The van der Waals surface area contributed by atoms with E-state index < -0.39 is 0 Å². The molecule has 1 aromatic heterocycles. The summed E-state index contributed by atoms with van der Waals surface area (Å²) in [6.07, 6.45) is 0. The maximum absolute atomic E-state index is 12.4. The number of hydrogen-bond donors (Lipinski definition) is 1. The number of hydrogen-bond acceptors (Lipinski definition) is 5. The number of carbonyl (C=O) groups excluding carboxylic acids is 1. The van der Waals surface area contributed by atoms with Gasteiger partial charge in [-0.2, -0.15) is 5.10 Å². The van der Waals surface area contributed by atoms with E-state index in [1.807, 2.05) is 73.0 Å². The minimum atomic E-state index is -0.205. The second kappa shape index (κ2) is 11.1. The van der Waals surface area contributed by atoms with Crippen molar-refractivity contribution in [2.75, 3.05) is 5.75 Å². The summed E-state index contributed by atoms with van der Waals surface area (Å²) < 4.78 is 1.98. The van der Waals surface area contributed by atoms with Gasteiger partial charge in [-0.05, 0) is 54.8 Å². The van der Waals surface area contributed by atoms with Gasteiger partial charge in [0.25, 0.3) is 5.91 Å². The van der Waals surface area contributed by atoms with Crippen molar-refractivity contribution < 1.29 is 4.79 Å². The molecule has 0 spiro atoms. The van der Waals surface area contributed by atoms with E-state index in [-0.39, 0.29) is 11.7 Å². The Balaban J connectivity index is 1.35. The van der Waals surface area contributed by atoms with Crippen LogP contribution in [0.3, 0.4) is 0 Å². The number of thioether (sulfide) groups is 1. The highest BCUT2D eigenvalue weighted by Crippen LogP contribution is 2.25. The molecule has 6 nitrogen and oxygen atoms in total. The van der Waals surface area contributed by atoms with E-state index in [9.17, 15) is 4.79 Å². The lowest BCUT2D eigenvalue weighted by Crippen LogP contribution is -2.21. The lowest BCUT2D eigenvalue weighted by atomic mass is 10.0. The van der Waals surface area contributed by atoms with Crippen LogP contribution in [0.25, 0.3) is 22.5 Å². The summed E-state index contributed by atoms with van der Waals surface area (Å²) >= 11 is 7.31. The number of carbonyl (C=O) groups is 1. The SMILES string of the molecule is CCn1c(SCC(=O)N/N=C(/C)c2ccc(-c3ccccc3)cc2)nnc1-c1ccc(Cl)cc1. The molecule has 0 unspecified atom stereocenters. The quantitative estimate of drug-likeness (QED) is 0.189. The first-order valence-electron chi connectivity index (χ1n) is 10.9. The number of rotatable bonds is 8. The topological polar surface area (TPSA) is 72.2 Å². The summed E-state index contributed by atoms with van der Waals surface area (Å²) in [5.74, 6) is 0.724. The van der Waals surface area contributed by atoms with Crippen molar-refractivity contribution in [3.63, 3.8) is 0 Å². The summed E-state index contributed by atoms with van der Waals surface area (Å²) in [6, 6.07) is 25.8. The van der Waals surface area contributed by atoms with Gasteiger partial charge in [0, 0.05) is 17.1 Å². The van der Waals surface area contributed by atoms with Crippen molar-refractivity contribution in [1.29, 1.82) is 0 Å². The number of hydrazone groups is 1. The Hall–Kier alpha value is -3.42. The zero-order chi connectivity index (χ0) is 23.9. The van der Waals surface area contributed by atoms with E-state index in [0.717, 1.165) is 33.8 Å². The van der Waals surface area contributed by atoms with Crippen LogP contribution in [0, 0.1) is 0 Å². The second-order valence-electron chi connectivity index (χ2n) is 7.52. The molecule has 0 fully saturated rings. The van der Waals surface area contributed by atoms with Crippen LogP contribution in [0.4, 0.5) is 0 Å². The van der Waals surface area contributed by atoms with E-state index in [0.29, 0.717) is 16.7 Å². The smallest absolute Gasteiger partial charge is 0.250 e. The molecular formula is C26H24ClN5OS. The summed E-state index contributed by atoms with van der Waals surface area (Å²) in [7, 11) is 0. The van der Waals surface area contributed by atoms with Crippen molar-refractivity contribution in [2.24, 2.45) is 5.10 Å². The molecule has 1 N–H and O–H groups in total. The van der Waals surface area contributed by atoms with Gasteiger partial charge < -0.3 is 4.57 Å². The lowest BCUT2D eigenvalue weighted by molar-refractivity contribution is -0.118. The molecule has 0 aliphatic rings. The number of halogens is 1. The molecule has 0 radical (unpaired) electrons. The summed E-state index contributed by atoms with van der Waals surface area (Å²) in [5.41, 5.74) is 7.54. The minimum Gasteiger partial charge on any atom is -0.302 e. The van der Waals surface area contributed by atoms with Crippen molar-refractivity contribution in [3.05, 3.63) is 89.4 Å². The van der Waals surface area contributed by atoms with Crippen LogP contribution in [-0.4, -0.2) is 32.1 Å². The highest BCUT2D eigenvalue weighted by atomic mass is 35.5. The van der Waals surface area contributed by atoms with Gasteiger partial charge in [-0.1, -0.05) is 78.0 Å². The number of nitrogens with zero attached hydrogens (tertiary/aromatic N) is 4. The zero-order valence-electron chi connectivity index (χ0n) is 18.9.